The van der Waals surface area contributed by atoms with Crippen LogP contribution in [0.1, 0.15) is 23.7 Å². The second-order valence-electron chi connectivity index (χ2n) is 4.81. The van der Waals surface area contributed by atoms with Crippen LogP contribution in [-0.2, 0) is 0 Å². The van der Waals surface area contributed by atoms with Gasteiger partial charge in [-0.3, -0.25) is 4.79 Å². The molecule has 2 rings (SSSR count). The normalized spacial score (nSPS) is 22.8. The van der Waals surface area contributed by atoms with Gasteiger partial charge in [-0.25, -0.2) is 4.39 Å². The van der Waals surface area contributed by atoms with Crippen LogP contribution in [0, 0.1) is 15.3 Å². The predicted molar refractivity (Wildman–Crippen MR) is 84.0 cm³/mol. The largest absolute Gasteiger partial charge is 0.338 e. The van der Waals surface area contributed by atoms with Crippen LogP contribution >= 0.6 is 35.0 Å². The van der Waals surface area contributed by atoms with Crippen molar-refractivity contribution in [3.8, 4) is 0 Å². The molecule has 106 valence electrons. The molecular formula is C13H17ClFIN2O. The summed E-state index contributed by atoms with van der Waals surface area (Å²) >= 11 is 1.99. The molecule has 0 saturated carbocycles. The van der Waals surface area contributed by atoms with Crippen LogP contribution in [0.15, 0.2) is 18.2 Å². The molecule has 2 atom stereocenters. The first-order valence-electron chi connectivity index (χ1n) is 5.99. The highest BCUT2D eigenvalue weighted by Gasteiger charge is 2.27. The van der Waals surface area contributed by atoms with Crippen LogP contribution in [0.3, 0.4) is 0 Å². The molecule has 1 aliphatic rings. The Morgan fingerprint density at radius 1 is 1.53 bits per heavy atom. The Labute approximate surface area is 132 Å². The first-order valence-corrected chi connectivity index (χ1v) is 7.07. The maximum Gasteiger partial charge on any atom is 0.254 e. The summed E-state index contributed by atoms with van der Waals surface area (Å²) in [5, 5.41) is 0. The molecule has 2 unspecified atom stereocenters. The van der Waals surface area contributed by atoms with Gasteiger partial charge in [0, 0.05) is 22.7 Å². The molecule has 0 spiro atoms. The molecule has 1 fully saturated rings. The van der Waals surface area contributed by atoms with Crippen molar-refractivity contribution in [3.05, 3.63) is 33.1 Å². The van der Waals surface area contributed by atoms with Crippen molar-refractivity contribution < 1.29 is 9.18 Å². The number of likely N-dealkylation sites (tertiary alicyclic amines) is 1. The first kappa shape index (κ1) is 16.7. The molecule has 1 heterocycles. The van der Waals surface area contributed by atoms with Crippen molar-refractivity contribution in [2.24, 2.45) is 11.7 Å². The van der Waals surface area contributed by atoms with Crippen molar-refractivity contribution >= 4 is 40.9 Å². The Morgan fingerprint density at radius 3 is 2.79 bits per heavy atom. The summed E-state index contributed by atoms with van der Waals surface area (Å²) in [5.41, 5.74) is 6.51. The lowest BCUT2D eigenvalue weighted by atomic mass is 9.94. The molecule has 6 heteroatoms. The maximum absolute atomic E-state index is 13.0. The van der Waals surface area contributed by atoms with Gasteiger partial charge < -0.3 is 10.6 Å². The van der Waals surface area contributed by atoms with Crippen molar-refractivity contribution in [3.63, 3.8) is 0 Å². The third kappa shape index (κ3) is 3.79. The average Bonchev–Trinajstić information content (AvgIpc) is 2.32. The van der Waals surface area contributed by atoms with Gasteiger partial charge in [-0.15, -0.1) is 12.4 Å². The Kier molecular flexibility index (Phi) is 6.01. The second-order valence-corrected chi connectivity index (χ2v) is 5.97. The Morgan fingerprint density at radius 2 is 2.21 bits per heavy atom. The van der Waals surface area contributed by atoms with E-state index < -0.39 is 0 Å². The molecule has 3 nitrogen and oxygen atoms in total. The van der Waals surface area contributed by atoms with Crippen molar-refractivity contribution in [1.82, 2.24) is 4.90 Å². The second kappa shape index (κ2) is 6.85. The van der Waals surface area contributed by atoms with Gasteiger partial charge in [0.1, 0.15) is 5.82 Å². The fraction of sp³-hybridized carbons (Fsp3) is 0.462. The van der Waals surface area contributed by atoms with Gasteiger partial charge in [0.25, 0.3) is 5.91 Å². The van der Waals surface area contributed by atoms with Crippen LogP contribution in [0.5, 0.6) is 0 Å². The van der Waals surface area contributed by atoms with E-state index in [1.54, 1.807) is 6.07 Å². The van der Waals surface area contributed by atoms with Gasteiger partial charge in [0.2, 0.25) is 0 Å². The molecule has 0 radical (unpaired) electrons. The summed E-state index contributed by atoms with van der Waals surface area (Å²) in [4.78, 5) is 14.2. The Hall–Kier alpha value is -0.400. The molecule has 1 amide bonds. The minimum Gasteiger partial charge on any atom is -0.338 e. The van der Waals surface area contributed by atoms with E-state index in [0.29, 0.717) is 28.1 Å². The van der Waals surface area contributed by atoms with Crippen LogP contribution in [-0.4, -0.2) is 29.9 Å². The summed E-state index contributed by atoms with van der Waals surface area (Å²) in [6.07, 6.45) is 0.824. The highest BCUT2D eigenvalue weighted by molar-refractivity contribution is 14.1. The van der Waals surface area contributed by atoms with E-state index in [2.05, 4.69) is 6.92 Å². The van der Waals surface area contributed by atoms with E-state index in [1.165, 1.54) is 12.1 Å². The van der Waals surface area contributed by atoms with Gasteiger partial charge in [-0.1, -0.05) is 6.92 Å². The van der Waals surface area contributed by atoms with E-state index in [1.807, 2.05) is 27.5 Å². The topological polar surface area (TPSA) is 46.3 Å². The molecule has 0 aliphatic carbocycles. The number of carbonyl (C=O) groups excluding carboxylic acids is 1. The molecule has 2 N–H and O–H groups in total. The highest BCUT2D eigenvalue weighted by Crippen LogP contribution is 2.20. The zero-order valence-corrected chi connectivity index (χ0v) is 13.6. The lowest BCUT2D eigenvalue weighted by Gasteiger charge is -2.35. The van der Waals surface area contributed by atoms with Crippen molar-refractivity contribution in [2.45, 2.75) is 19.4 Å². The highest BCUT2D eigenvalue weighted by atomic mass is 127. The van der Waals surface area contributed by atoms with Gasteiger partial charge in [0.05, 0.1) is 5.56 Å². The molecule has 1 aromatic rings. The number of piperidine rings is 1. The maximum atomic E-state index is 13.0. The van der Waals surface area contributed by atoms with Gasteiger partial charge >= 0.3 is 0 Å². The van der Waals surface area contributed by atoms with E-state index in [0.717, 1.165) is 6.42 Å². The average molecular weight is 399 g/mol. The number of rotatable bonds is 1. The SMILES string of the molecule is CC1CN(C(=O)c2ccc(F)cc2I)CCC1N.Cl. The quantitative estimate of drug-likeness (QED) is 0.739. The molecule has 19 heavy (non-hydrogen) atoms. The third-order valence-electron chi connectivity index (χ3n) is 3.42. The summed E-state index contributed by atoms with van der Waals surface area (Å²) in [6.45, 7) is 3.41. The number of carbonyl (C=O) groups is 1. The van der Waals surface area contributed by atoms with E-state index in [4.69, 9.17) is 5.73 Å². The van der Waals surface area contributed by atoms with E-state index in [-0.39, 0.29) is 30.2 Å². The third-order valence-corrected chi connectivity index (χ3v) is 4.31. The lowest BCUT2D eigenvalue weighted by Crippen LogP contribution is -2.48. The standard InChI is InChI=1S/C13H16FIN2O.ClH/c1-8-7-17(5-4-12(8)16)13(18)10-3-2-9(14)6-11(10)15;/h2-3,6,8,12H,4-5,7,16H2,1H3;1H. The number of hydrogen-bond acceptors (Lipinski definition) is 2. The summed E-state index contributed by atoms with van der Waals surface area (Å²) in [7, 11) is 0. The monoisotopic (exact) mass is 398 g/mol. The molecule has 1 aliphatic heterocycles. The number of amides is 1. The number of halogens is 3. The zero-order chi connectivity index (χ0) is 13.3. The Bertz CT molecular complexity index is 472. The Balaban J connectivity index is 0.00000180. The molecule has 0 aromatic heterocycles. The summed E-state index contributed by atoms with van der Waals surface area (Å²) in [6, 6.07) is 4.43. The van der Waals surface area contributed by atoms with E-state index >= 15 is 0 Å². The molecule has 1 aromatic carbocycles. The predicted octanol–water partition coefficient (Wildman–Crippen LogP) is 2.66. The number of benzene rings is 1. The van der Waals surface area contributed by atoms with Gasteiger partial charge in [-0.05, 0) is 53.1 Å². The minimum atomic E-state index is -0.315. The number of nitrogens with zero attached hydrogens (tertiary/aromatic N) is 1. The number of hydrogen-bond donors (Lipinski definition) is 1. The number of nitrogens with two attached hydrogens (primary N) is 1. The van der Waals surface area contributed by atoms with Crippen molar-refractivity contribution in [1.29, 1.82) is 0 Å². The smallest absolute Gasteiger partial charge is 0.254 e. The van der Waals surface area contributed by atoms with E-state index in [9.17, 15) is 9.18 Å². The lowest BCUT2D eigenvalue weighted by molar-refractivity contribution is 0.0663. The molecular weight excluding hydrogens is 382 g/mol. The zero-order valence-electron chi connectivity index (χ0n) is 10.6. The van der Waals surface area contributed by atoms with Crippen LogP contribution in [0.4, 0.5) is 4.39 Å². The van der Waals surface area contributed by atoms with Crippen molar-refractivity contribution in [2.75, 3.05) is 13.1 Å². The molecule has 0 bridgehead atoms. The van der Waals surface area contributed by atoms with Crippen LogP contribution in [0.25, 0.3) is 0 Å². The minimum absolute atomic E-state index is 0. The van der Waals surface area contributed by atoms with Crippen LogP contribution < -0.4 is 5.73 Å². The fourth-order valence-electron chi connectivity index (χ4n) is 2.18. The van der Waals surface area contributed by atoms with Gasteiger partial charge in [-0.2, -0.15) is 0 Å². The van der Waals surface area contributed by atoms with Crippen LogP contribution in [0.2, 0.25) is 0 Å². The summed E-state index contributed by atoms with van der Waals surface area (Å²) < 4.78 is 13.7. The summed E-state index contributed by atoms with van der Waals surface area (Å²) in [5.74, 6) is -0.0380. The first-order chi connectivity index (χ1) is 8.49. The fourth-order valence-corrected chi connectivity index (χ4v) is 2.89. The molecule has 1 saturated heterocycles. The van der Waals surface area contributed by atoms with Gasteiger partial charge in [0.15, 0.2) is 0 Å².